The van der Waals surface area contributed by atoms with Crippen molar-refractivity contribution < 1.29 is 9.53 Å². The molecule has 0 fully saturated rings. The molecular formula is C15H12N2O2. The number of nitriles is 1. The van der Waals surface area contributed by atoms with E-state index >= 15 is 0 Å². The fraction of sp³-hybridized carbons (Fsp3) is 0.0667. The second kappa shape index (κ2) is 5.69. The minimum atomic E-state index is -0.276. The molecule has 0 radical (unpaired) electrons. The van der Waals surface area contributed by atoms with Gasteiger partial charge in [-0.25, -0.2) is 0 Å². The SMILES string of the molecule is COc1ccccc1NC(=O)c1cccc(C#N)c1. The molecule has 0 aliphatic rings. The minimum Gasteiger partial charge on any atom is -0.495 e. The zero-order valence-electron chi connectivity index (χ0n) is 10.4. The first-order valence-corrected chi connectivity index (χ1v) is 5.69. The third-order valence-electron chi connectivity index (χ3n) is 2.61. The molecule has 1 N–H and O–H groups in total. The standard InChI is InChI=1S/C15H12N2O2/c1-19-14-8-3-2-7-13(14)17-15(18)12-6-4-5-11(9-12)10-16/h2-9H,1H3,(H,17,18). The lowest BCUT2D eigenvalue weighted by molar-refractivity contribution is 0.102. The van der Waals surface area contributed by atoms with Gasteiger partial charge in [-0.1, -0.05) is 18.2 Å². The molecule has 19 heavy (non-hydrogen) atoms. The number of rotatable bonds is 3. The van der Waals surface area contributed by atoms with Gasteiger partial charge in [0.15, 0.2) is 0 Å². The molecule has 2 aromatic rings. The Kier molecular flexibility index (Phi) is 3.79. The summed E-state index contributed by atoms with van der Waals surface area (Å²) in [6, 6.07) is 15.7. The summed E-state index contributed by atoms with van der Waals surface area (Å²) in [6.07, 6.45) is 0. The zero-order chi connectivity index (χ0) is 13.7. The maximum Gasteiger partial charge on any atom is 0.255 e. The van der Waals surface area contributed by atoms with Crippen molar-refractivity contribution >= 4 is 11.6 Å². The summed E-state index contributed by atoms with van der Waals surface area (Å²) in [4.78, 5) is 12.1. The number of nitrogens with zero attached hydrogens (tertiary/aromatic N) is 1. The molecule has 2 aromatic carbocycles. The number of benzene rings is 2. The number of ether oxygens (including phenoxy) is 1. The van der Waals surface area contributed by atoms with Crippen LogP contribution in [0.1, 0.15) is 15.9 Å². The smallest absolute Gasteiger partial charge is 0.255 e. The van der Waals surface area contributed by atoms with Crippen molar-refractivity contribution in [2.75, 3.05) is 12.4 Å². The molecule has 0 saturated carbocycles. The summed E-state index contributed by atoms with van der Waals surface area (Å²) in [5, 5.41) is 11.6. The average molecular weight is 252 g/mol. The van der Waals surface area contributed by atoms with Gasteiger partial charge in [0, 0.05) is 5.56 Å². The Balaban J connectivity index is 2.23. The van der Waals surface area contributed by atoms with Crippen LogP contribution in [0.3, 0.4) is 0 Å². The zero-order valence-corrected chi connectivity index (χ0v) is 10.4. The van der Waals surface area contributed by atoms with Gasteiger partial charge in [0.05, 0.1) is 24.4 Å². The van der Waals surface area contributed by atoms with Gasteiger partial charge >= 0.3 is 0 Å². The van der Waals surface area contributed by atoms with Crippen LogP contribution in [-0.2, 0) is 0 Å². The first-order valence-electron chi connectivity index (χ1n) is 5.69. The molecule has 0 spiro atoms. The summed E-state index contributed by atoms with van der Waals surface area (Å²) in [5.41, 5.74) is 1.48. The fourth-order valence-corrected chi connectivity index (χ4v) is 1.67. The number of hydrogen-bond donors (Lipinski definition) is 1. The predicted octanol–water partition coefficient (Wildman–Crippen LogP) is 2.82. The van der Waals surface area contributed by atoms with E-state index < -0.39 is 0 Å². The summed E-state index contributed by atoms with van der Waals surface area (Å²) in [5.74, 6) is 0.314. The van der Waals surface area contributed by atoms with Crippen LogP contribution >= 0.6 is 0 Å². The Morgan fingerprint density at radius 1 is 1.21 bits per heavy atom. The van der Waals surface area contributed by atoms with Crippen LogP contribution in [-0.4, -0.2) is 13.0 Å². The van der Waals surface area contributed by atoms with E-state index in [0.29, 0.717) is 22.6 Å². The third kappa shape index (κ3) is 2.90. The summed E-state index contributed by atoms with van der Waals surface area (Å²) in [7, 11) is 1.54. The number of methoxy groups -OCH3 is 1. The fourth-order valence-electron chi connectivity index (χ4n) is 1.67. The summed E-state index contributed by atoms with van der Waals surface area (Å²) >= 11 is 0. The Morgan fingerprint density at radius 2 is 2.00 bits per heavy atom. The van der Waals surface area contributed by atoms with Gasteiger partial charge in [0.1, 0.15) is 5.75 Å². The van der Waals surface area contributed by atoms with Crippen LogP contribution in [0.25, 0.3) is 0 Å². The quantitative estimate of drug-likeness (QED) is 0.913. The molecule has 0 heterocycles. The molecular weight excluding hydrogens is 240 g/mol. The minimum absolute atomic E-state index is 0.276. The van der Waals surface area contributed by atoms with E-state index in [2.05, 4.69) is 5.32 Å². The van der Waals surface area contributed by atoms with Gasteiger partial charge in [0.25, 0.3) is 5.91 Å². The van der Waals surface area contributed by atoms with Crippen molar-refractivity contribution in [3.8, 4) is 11.8 Å². The monoisotopic (exact) mass is 252 g/mol. The van der Waals surface area contributed by atoms with Gasteiger partial charge < -0.3 is 10.1 Å². The Hall–Kier alpha value is -2.80. The highest BCUT2D eigenvalue weighted by atomic mass is 16.5. The lowest BCUT2D eigenvalue weighted by atomic mass is 10.1. The van der Waals surface area contributed by atoms with E-state index in [-0.39, 0.29) is 5.91 Å². The van der Waals surface area contributed by atoms with Crippen LogP contribution in [0.2, 0.25) is 0 Å². The second-order valence-corrected chi connectivity index (χ2v) is 3.85. The van der Waals surface area contributed by atoms with Crippen molar-refractivity contribution in [3.63, 3.8) is 0 Å². The number of amides is 1. The molecule has 4 heteroatoms. The van der Waals surface area contributed by atoms with Crippen molar-refractivity contribution in [1.29, 1.82) is 5.26 Å². The lowest BCUT2D eigenvalue weighted by Crippen LogP contribution is -2.12. The molecule has 1 amide bonds. The Labute approximate surface area is 111 Å². The van der Waals surface area contributed by atoms with Gasteiger partial charge in [-0.05, 0) is 30.3 Å². The molecule has 2 rings (SSSR count). The Morgan fingerprint density at radius 3 is 2.74 bits per heavy atom. The molecule has 0 unspecified atom stereocenters. The highest BCUT2D eigenvalue weighted by Gasteiger charge is 2.09. The maximum absolute atomic E-state index is 12.1. The number of carbonyl (C=O) groups is 1. The normalized spacial score (nSPS) is 9.47. The van der Waals surface area contributed by atoms with E-state index in [1.165, 1.54) is 0 Å². The second-order valence-electron chi connectivity index (χ2n) is 3.85. The van der Waals surface area contributed by atoms with Crippen LogP contribution in [0.4, 0.5) is 5.69 Å². The molecule has 0 aliphatic carbocycles. The number of para-hydroxylation sites is 2. The topological polar surface area (TPSA) is 62.1 Å². The van der Waals surface area contributed by atoms with Crippen LogP contribution in [0, 0.1) is 11.3 Å². The molecule has 0 atom stereocenters. The molecule has 0 saturated heterocycles. The number of hydrogen-bond acceptors (Lipinski definition) is 3. The maximum atomic E-state index is 12.1. The van der Waals surface area contributed by atoms with E-state index in [1.807, 2.05) is 18.2 Å². The van der Waals surface area contributed by atoms with E-state index in [1.54, 1.807) is 43.5 Å². The molecule has 0 bridgehead atoms. The Bertz CT molecular complexity index is 645. The van der Waals surface area contributed by atoms with Crippen LogP contribution in [0.15, 0.2) is 48.5 Å². The number of anilines is 1. The largest absolute Gasteiger partial charge is 0.495 e. The van der Waals surface area contributed by atoms with Crippen LogP contribution in [0.5, 0.6) is 5.75 Å². The molecule has 0 aliphatic heterocycles. The average Bonchev–Trinajstić information content (AvgIpc) is 2.47. The van der Waals surface area contributed by atoms with Crippen molar-refractivity contribution in [1.82, 2.24) is 0 Å². The third-order valence-corrected chi connectivity index (χ3v) is 2.61. The molecule has 94 valence electrons. The molecule has 4 nitrogen and oxygen atoms in total. The van der Waals surface area contributed by atoms with E-state index in [0.717, 1.165) is 0 Å². The van der Waals surface area contributed by atoms with Gasteiger partial charge in [0.2, 0.25) is 0 Å². The number of carbonyl (C=O) groups excluding carboxylic acids is 1. The first-order chi connectivity index (χ1) is 9.24. The van der Waals surface area contributed by atoms with E-state index in [4.69, 9.17) is 10.00 Å². The van der Waals surface area contributed by atoms with Gasteiger partial charge in [-0.15, -0.1) is 0 Å². The highest BCUT2D eigenvalue weighted by molar-refractivity contribution is 6.05. The number of nitrogens with one attached hydrogen (secondary N) is 1. The van der Waals surface area contributed by atoms with Gasteiger partial charge in [-0.2, -0.15) is 5.26 Å². The molecule has 0 aromatic heterocycles. The van der Waals surface area contributed by atoms with Crippen LogP contribution < -0.4 is 10.1 Å². The van der Waals surface area contributed by atoms with E-state index in [9.17, 15) is 4.79 Å². The first kappa shape index (κ1) is 12.7. The highest BCUT2D eigenvalue weighted by Crippen LogP contribution is 2.23. The lowest BCUT2D eigenvalue weighted by Gasteiger charge is -2.09. The van der Waals surface area contributed by atoms with Crippen molar-refractivity contribution in [2.45, 2.75) is 0 Å². The predicted molar refractivity (Wildman–Crippen MR) is 72.1 cm³/mol. The van der Waals surface area contributed by atoms with Gasteiger partial charge in [-0.3, -0.25) is 4.79 Å². The summed E-state index contributed by atoms with van der Waals surface area (Å²) in [6.45, 7) is 0. The van der Waals surface area contributed by atoms with Crippen molar-refractivity contribution in [3.05, 3.63) is 59.7 Å². The summed E-state index contributed by atoms with van der Waals surface area (Å²) < 4.78 is 5.16. The van der Waals surface area contributed by atoms with Crippen molar-refractivity contribution in [2.24, 2.45) is 0 Å².